The van der Waals surface area contributed by atoms with E-state index in [-0.39, 0.29) is 0 Å². The number of hydrogen-bond donors (Lipinski definition) is 1. The molecule has 0 saturated carbocycles. The number of aromatic nitrogens is 3. The van der Waals surface area contributed by atoms with Crippen LogP contribution in [0, 0.1) is 0 Å². The van der Waals surface area contributed by atoms with Gasteiger partial charge in [0, 0.05) is 55.0 Å². The SMILES string of the molecule is CNC1CCCN(c2ncc(-c3cccnc3)cn2)C1. The Hall–Kier alpha value is -2.01. The number of nitrogens with one attached hydrogen (secondary N) is 1. The van der Waals surface area contributed by atoms with Crippen molar-refractivity contribution in [2.24, 2.45) is 0 Å². The maximum atomic E-state index is 4.51. The molecule has 104 valence electrons. The summed E-state index contributed by atoms with van der Waals surface area (Å²) in [6.07, 6.45) is 9.76. The van der Waals surface area contributed by atoms with Gasteiger partial charge < -0.3 is 10.2 Å². The fourth-order valence-electron chi connectivity index (χ4n) is 2.56. The van der Waals surface area contributed by atoms with E-state index in [0.29, 0.717) is 6.04 Å². The Balaban J connectivity index is 1.76. The van der Waals surface area contributed by atoms with Crippen LogP contribution in [0.1, 0.15) is 12.8 Å². The number of hydrogen-bond acceptors (Lipinski definition) is 5. The van der Waals surface area contributed by atoms with Gasteiger partial charge in [0.2, 0.25) is 5.95 Å². The summed E-state index contributed by atoms with van der Waals surface area (Å²) in [4.78, 5) is 15.4. The molecular formula is C15H19N5. The Morgan fingerprint density at radius 1 is 1.20 bits per heavy atom. The Bertz CT molecular complexity index is 540. The van der Waals surface area contributed by atoms with Gasteiger partial charge in [0.25, 0.3) is 0 Å². The van der Waals surface area contributed by atoms with Gasteiger partial charge in [-0.3, -0.25) is 4.98 Å². The smallest absolute Gasteiger partial charge is 0.225 e. The summed E-state index contributed by atoms with van der Waals surface area (Å²) in [5, 5.41) is 3.34. The first kappa shape index (κ1) is 13.0. The van der Waals surface area contributed by atoms with Gasteiger partial charge in [0.15, 0.2) is 0 Å². The van der Waals surface area contributed by atoms with E-state index in [1.165, 1.54) is 12.8 Å². The minimum atomic E-state index is 0.533. The van der Waals surface area contributed by atoms with Crippen molar-refractivity contribution >= 4 is 5.95 Å². The number of rotatable bonds is 3. The summed E-state index contributed by atoms with van der Waals surface area (Å²) in [5.74, 6) is 0.817. The van der Waals surface area contributed by atoms with Crippen molar-refractivity contribution in [1.29, 1.82) is 0 Å². The van der Waals surface area contributed by atoms with E-state index >= 15 is 0 Å². The summed E-state index contributed by atoms with van der Waals surface area (Å²) in [6, 6.07) is 4.47. The van der Waals surface area contributed by atoms with E-state index in [2.05, 4.69) is 25.2 Å². The average Bonchev–Trinajstić information content (AvgIpc) is 2.56. The number of nitrogens with zero attached hydrogens (tertiary/aromatic N) is 4. The fraction of sp³-hybridized carbons (Fsp3) is 0.400. The molecule has 5 heteroatoms. The van der Waals surface area contributed by atoms with Crippen molar-refractivity contribution in [2.75, 3.05) is 25.0 Å². The molecule has 0 aromatic carbocycles. The lowest BCUT2D eigenvalue weighted by atomic mass is 10.1. The van der Waals surface area contributed by atoms with Crippen molar-refractivity contribution in [3.05, 3.63) is 36.9 Å². The van der Waals surface area contributed by atoms with Crippen molar-refractivity contribution in [3.63, 3.8) is 0 Å². The molecule has 3 heterocycles. The fourth-order valence-corrected chi connectivity index (χ4v) is 2.56. The monoisotopic (exact) mass is 269 g/mol. The van der Waals surface area contributed by atoms with E-state index in [9.17, 15) is 0 Å². The molecule has 1 N–H and O–H groups in total. The topological polar surface area (TPSA) is 53.9 Å². The zero-order valence-electron chi connectivity index (χ0n) is 11.7. The Morgan fingerprint density at radius 2 is 2.05 bits per heavy atom. The third kappa shape index (κ3) is 2.77. The quantitative estimate of drug-likeness (QED) is 0.919. The van der Waals surface area contributed by atoms with E-state index in [1.807, 2.05) is 37.8 Å². The molecule has 2 aromatic heterocycles. The van der Waals surface area contributed by atoms with E-state index in [1.54, 1.807) is 6.20 Å². The molecule has 3 rings (SSSR count). The predicted molar refractivity (Wildman–Crippen MR) is 79.6 cm³/mol. The van der Waals surface area contributed by atoms with Gasteiger partial charge in [-0.2, -0.15) is 0 Å². The van der Waals surface area contributed by atoms with Gasteiger partial charge >= 0.3 is 0 Å². The van der Waals surface area contributed by atoms with Gasteiger partial charge in [-0.25, -0.2) is 9.97 Å². The van der Waals surface area contributed by atoms with Crippen molar-refractivity contribution in [3.8, 4) is 11.1 Å². The lowest BCUT2D eigenvalue weighted by Gasteiger charge is -2.32. The van der Waals surface area contributed by atoms with Crippen LogP contribution in [0.5, 0.6) is 0 Å². The normalized spacial score (nSPS) is 19.1. The molecule has 1 aliphatic rings. The summed E-state index contributed by atoms with van der Waals surface area (Å²) >= 11 is 0. The summed E-state index contributed by atoms with van der Waals surface area (Å²) < 4.78 is 0. The second kappa shape index (κ2) is 5.96. The van der Waals surface area contributed by atoms with Crippen molar-refractivity contribution in [2.45, 2.75) is 18.9 Å². The molecule has 1 atom stereocenters. The third-order valence-corrected chi connectivity index (χ3v) is 3.75. The van der Waals surface area contributed by atoms with Crippen LogP contribution in [0.25, 0.3) is 11.1 Å². The summed E-state index contributed by atoms with van der Waals surface area (Å²) in [7, 11) is 2.01. The van der Waals surface area contributed by atoms with Crippen molar-refractivity contribution < 1.29 is 0 Å². The summed E-state index contributed by atoms with van der Waals surface area (Å²) in [6.45, 7) is 2.01. The first-order valence-corrected chi connectivity index (χ1v) is 7.01. The van der Waals surface area contributed by atoms with Crippen LogP contribution in [0.4, 0.5) is 5.95 Å². The molecule has 0 aliphatic carbocycles. The zero-order valence-corrected chi connectivity index (χ0v) is 11.7. The average molecular weight is 269 g/mol. The zero-order chi connectivity index (χ0) is 13.8. The molecule has 1 saturated heterocycles. The number of piperidine rings is 1. The van der Waals surface area contributed by atoms with Crippen LogP contribution < -0.4 is 10.2 Å². The molecule has 5 nitrogen and oxygen atoms in total. The molecule has 0 spiro atoms. The number of anilines is 1. The maximum absolute atomic E-state index is 4.51. The third-order valence-electron chi connectivity index (χ3n) is 3.75. The van der Waals surface area contributed by atoms with Crippen LogP contribution in [-0.4, -0.2) is 41.1 Å². The van der Waals surface area contributed by atoms with Crippen LogP contribution in [-0.2, 0) is 0 Å². The lowest BCUT2D eigenvalue weighted by Crippen LogP contribution is -2.45. The maximum Gasteiger partial charge on any atom is 0.225 e. The largest absolute Gasteiger partial charge is 0.339 e. The molecule has 0 radical (unpaired) electrons. The van der Waals surface area contributed by atoms with E-state index in [0.717, 1.165) is 30.2 Å². The number of likely N-dealkylation sites (N-methyl/N-ethyl adjacent to an activating group) is 1. The standard InChI is InChI=1S/C15H19N5/c1-16-14-5-3-7-20(11-14)15-18-9-13(10-19-15)12-4-2-6-17-8-12/h2,4,6,8-10,14,16H,3,5,7,11H2,1H3. The second-order valence-electron chi connectivity index (χ2n) is 5.09. The molecule has 0 amide bonds. The minimum Gasteiger partial charge on any atom is -0.339 e. The van der Waals surface area contributed by atoms with Gasteiger partial charge in [0.05, 0.1) is 0 Å². The Kier molecular flexibility index (Phi) is 3.87. The first-order chi connectivity index (χ1) is 9.86. The summed E-state index contributed by atoms with van der Waals surface area (Å²) in [5.41, 5.74) is 2.05. The van der Waals surface area contributed by atoms with Gasteiger partial charge in [-0.1, -0.05) is 6.07 Å². The number of pyridine rings is 1. The van der Waals surface area contributed by atoms with Gasteiger partial charge in [0.1, 0.15) is 0 Å². The highest BCUT2D eigenvalue weighted by Gasteiger charge is 2.20. The second-order valence-corrected chi connectivity index (χ2v) is 5.09. The van der Waals surface area contributed by atoms with Crippen molar-refractivity contribution in [1.82, 2.24) is 20.3 Å². The van der Waals surface area contributed by atoms with Crippen LogP contribution >= 0.6 is 0 Å². The highest BCUT2D eigenvalue weighted by Crippen LogP contribution is 2.19. The molecule has 1 fully saturated rings. The van der Waals surface area contributed by atoms with Gasteiger partial charge in [-0.15, -0.1) is 0 Å². The molecule has 1 aliphatic heterocycles. The molecule has 2 aromatic rings. The molecule has 0 bridgehead atoms. The van der Waals surface area contributed by atoms with E-state index in [4.69, 9.17) is 0 Å². The highest BCUT2D eigenvalue weighted by molar-refractivity contribution is 5.60. The van der Waals surface area contributed by atoms with Crippen LogP contribution in [0.2, 0.25) is 0 Å². The van der Waals surface area contributed by atoms with Crippen LogP contribution in [0.3, 0.4) is 0 Å². The first-order valence-electron chi connectivity index (χ1n) is 7.01. The minimum absolute atomic E-state index is 0.533. The Labute approximate surface area is 119 Å². The molecule has 1 unspecified atom stereocenters. The van der Waals surface area contributed by atoms with E-state index < -0.39 is 0 Å². The van der Waals surface area contributed by atoms with Crippen LogP contribution in [0.15, 0.2) is 36.9 Å². The Morgan fingerprint density at radius 3 is 2.75 bits per heavy atom. The molecular weight excluding hydrogens is 250 g/mol. The lowest BCUT2D eigenvalue weighted by molar-refractivity contribution is 0.445. The highest BCUT2D eigenvalue weighted by atomic mass is 15.3. The van der Waals surface area contributed by atoms with Gasteiger partial charge in [-0.05, 0) is 26.0 Å². The predicted octanol–water partition coefficient (Wildman–Crippen LogP) is 1.73. The molecule has 20 heavy (non-hydrogen) atoms.